The lowest BCUT2D eigenvalue weighted by molar-refractivity contribution is 0.0618. The Kier molecular flexibility index (Phi) is 4.24. The van der Waals surface area contributed by atoms with Crippen LogP contribution in [0.4, 0.5) is 0 Å². The fourth-order valence-electron chi connectivity index (χ4n) is 2.98. The molecular formula is C17H22N4O. The summed E-state index contributed by atoms with van der Waals surface area (Å²) in [6.07, 6.45) is 4.46. The summed E-state index contributed by atoms with van der Waals surface area (Å²) in [5.41, 5.74) is 7.41. The maximum Gasteiger partial charge on any atom is 0.257 e. The molecular weight excluding hydrogens is 276 g/mol. The van der Waals surface area contributed by atoms with E-state index in [1.807, 2.05) is 35.2 Å². The SMILES string of the molecule is CC1CCN(C(=O)c2cnn(-c3ccccc3)c2)CC1CN. The van der Waals surface area contributed by atoms with Crippen LogP contribution < -0.4 is 5.73 Å². The van der Waals surface area contributed by atoms with E-state index in [0.717, 1.165) is 25.2 Å². The van der Waals surface area contributed by atoms with Gasteiger partial charge in [-0.2, -0.15) is 5.10 Å². The molecule has 0 radical (unpaired) electrons. The summed E-state index contributed by atoms with van der Waals surface area (Å²) >= 11 is 0. The zero-order chi connectivity index (χ0) is 15.5. The van der Waals surface area contributed by atoms with Crippen LogP contribution >= 0.6 is 0 Å². The molecule has 0 aliphatic carbocycles. The minimum Gasteiger partial charge on any atom is -0.338 e. The Morgan fingerprint density at radius 3 is 2.86 bits per heavy atom. The number of amides is 1. The Bertz CT molecular complexity index is 637. The molecule has 116 valence electrons. The van der Waals surface area contributed by atoms with Crippen molar-refractivity contribution in [3.63, 3.8) is 0 Å². The van der Waals surface area contributed by atoms with Crippen LogP contribution in [-0.4, -0.2) is 40.2 Å². The van der Waals surface area contributed by atoms with Gasteiger partial charge in [-0.1, -0.05) is 25.1 Å². The van der Waals surface area contributed by atoms with Gasteiger partial charge in [0.25, 0.3) is 5.91 Å². The number of nitrogens with zero attached hydrogens (tertiary/aromatic N) is 3. The summed E-state index contributed by atoms with van der Waals surface area (Å²) in [4.78, 5) is 14.6. The van der Waals surface area contributed by atoms with Gasteiger partial charge in [0.05, 0.1) is 17.4 Å². The number of carbonyl (C=O) groups is 1. The maximum absolute atomic E-state index is 12.6. The third kappa shape index (κ3) is 2.90. The molecule has 1 aliphatic rings. The number of hydrogen-bond acceptors (Lipinski definition) is 3. The number of benzene rings is 1. The van der Waals surface area contributed by atoms with Crippen molar-refractivity contribution in [2.24, 2.45) is 17.6 Å². The molecule has 0 bridgehead atoms. The monoisotopic (exact) mass is 298 g/mol. The van der Waals surface area contributed by atoms with Crippen LogP contribution in [0.3, 0.4) is 0 Å². The lowest BCUT2D eigenvalue weighted by atomic mass is 9.87. The van der Waals surface area contributed by atoms with E-state index < -0.39 is 0 Å². The Morgan fingerprint density at radius 2 is 2.14 bits per heavy atom. The molecule has 22 heavy (non-hydrogen) atoms. The van der Waals surface area contributed by atoms with Crippen molar-refractivity contribution in [3.05, 3.63) is 48.3 Å². The molecule has 1 aliphatic heterocycles. The number of carbonyl (C=O) groups excluding carboxylic acids is 1. The molecule has 2 aromatic rings. The Hall–Kier alpha value is -2.14. The van der Waals surface area contributed by atoms with E-state index in [4.69, 9.17) is 5.73 Å². The quantitative estimate of drug-likeness (QED) is 0.941. The second-order valence-corrected chi connectivity index (χ2v) is 6.02. The first kappa shape index (κ1) is 14.8. The van der Waals surface area contributed by atoms with Gasteiger partial charge in [-0.25, -0.2) is 4.68 Å². The Balaban J connectivity index is 1.75. The van der Waals surface area contributed by atoms with Crippen molar-refractivity contribution >= 4 is 5.91 Å². The number of rotatable bonds is 3. The van der Waals surface area contributed by atoms with Gasteiger partial charge in [-0.3, -0.25) is 4.79 Å². The molecule has 0 saturated carbocycles. The van der Waals surface area contributed by atoms with E-state index in [2.05, 4.69) is 12.0 Å². The van der Waals surface area contributed by atoms with Gasteiger partial charge in [-0.05, 0) is 36.9 Å². The number of hydrogen-bond donors (Lipinski definition) is 1. The number of nitrogens with two attached hydrogens (primary N) is 1. The second kappa shape index (κ2) is 6.32. The average Bonchev–Trinajstić information content (AvgIpc) is 3.05. The van der Waals surface area contributed by atoms with Crippen molar-refractivity contribution in [2.45, 2.75) is 13.3 Å². The third-order valence-electron chi connectivity index (χ3n) is 4.55. The summed E-state index contributed by atoms with van der Waals surface area (Å²) < 4.78 is 1.74. The van der Waals surface area contributed by atoms with E-state index in [1.165, 1.54) is 0 Å². The molecule has 1 amide bonds. The van der Waals surface area contributed by atoms with Gasteiger partial charge < -0.3 is 10.6 Å². The molecule has 5 nitrogen and oxygen atoms in total. The van der Waals surface area contributed by atoms with Gasteiger partial charge in [0.1, 0.15) is 0 Å². The van der Waals surface area contributed by atoms with Crippen molar-refractivity contribution < 1.29 is 4.79 Å². The van der Waals surface area contributed by atoms with Crippen molar-refractivity contribution in [3.8, 4) is 5.69 Å². The van der Waals surface area contributed by atoms with Crippen LogP contribution in [0, 0.1) is 11.8 Å². The molecule has 1 aromatic carbocycles. The predicted molar refractivity (Wildman–Crippen MR) is 85.8 cm³/mol. The Morgan fingerprint density at radius 1 is 1.36 bits per heavy atom. The van der Waals surface area contributed by atoms with E-state index in [-0.39, 0.29) is 5.91 Å². The molecule has 0 spiro atoms. The van der Waals surface area contributed by atoms with Crippen LogP contribution in [0.1, 0.15) is 23.7 Å². The van der Waals surface area contributed by atoms with Gasteiger partial charge in [-0.15, -0.1) is 0 Å². The van der Waals surface area contributed by atoms with E-state index in [0.29, 0.717) is 23.9 Å². The number of aromatic nitrogens is 2. The first-order valence-corrected chi connectivity index (χ1v) is 7.78. The molecule has 5 heteroatoms. The molecule has 2 N–H and O–H groups in total. The zero-order valence-corrected chi connectivity index (χ0v) is 12.9. The fourth-order valence-corrected chi connectivity index (χ4v) is 2.98. The first-order valence-electron chi connectivity index (χ1n) is 7.78. The topological polar surface area (TPSA) is 64.2 Å². The smallest absolute Gasteiger partial charge is 0.257 e. The van der Waals surface area contributed by atoms with Gasteiger partial charge in [0, 0.05) is 19.3 Å². The predicted octanol–water partition coefficient (Wildman–Crippen LogP) is 1.93. The van der Waals surface area contributed by atoms with E-state index in [9.17, 15) is 4.79 Å². The Labute approximate surface area is 130 Å². The van der Waals surface area contributed by atoms with Crippen molar-refractivity contribution in [2.75, 3.05) is 19.6 Å². The highest BCUT2D eigenvalue weighted by Crippen LogP contribution is 2.23. The molecule has 3 rings (SSSR count). The molecule has 1 saturated heterocycles. The number of piperidine rings is 1. The van der Waals surface area contributed by atoms with Crippen LogP contribution in [0.5, 0.6) is 0 Å². The lowest BCUT2D eigenvalue weighted by Crippen LogP contribution is -2.45. The molecule has 2 unspecified atom stereocenters. The highest BCUT2D eigenvalue weighted by Gasteiger charge is 2.28. The minimum absolute atomic E-state index is 0.0486. The molecule has 2 atom stereocenters. The summed E-state index contributed by atoms with van der Waals surface area (Å²) in [5, 5.41) is 4.30. The third-order valence-corrected chi connectivity index (χ3v) is 4.55. The maximum atomic E-state index is 12.6. The van der Waals surface area contributed by atoms with Gasteiger partial charge >= 0.3 is 0 Å². The largest absolute Gasteiger partial charge is 0.338 e. The van der Waals surface area contributed by atoms with Gasteiger partial charge in [0.2, 0.25) is 0 Å². The van der Waals surface area contributed by atoms with Crippen molar-refractivity contribution in [1.29, 1.82) is 0 Å². The molecule has 1 fully saturated rings. The van der Waals surface area contributed by atoms with Crippen LogP contribution in [0.25, 0.3) is 5.69 Å². The summed E-state index contributed by atoms with van der Waals surface area (Å²) in [6.45, 7) is 4.39. The standard InChI is InChI=1S/C17H22N4O/c1-13-7-8-20(11-14(13)9-18)17(22)15-10-19-21(12-15)16-5-3-2-4-6-16/h2-6,10,12-14H,7-9,11,18H2,1H3. The highest BCUT2D eigenvalue weighted by molar-refractivity contribution is 5.93. The second-order valence-electron chi connectivity index (χ2n) is 6.02. The van der Waals surface area contributed by atoms with Crippen LogP contribution in [-0.2, 0) is 0 Å². The van der Waals surface area contributed by atoms with E-state index in [1.54, 1.807) is 17.1 Å². The highest BCUT2D eigenvalue weighted by atomic mass is 16.2. The van der Waals surface area contributed by atoms with Crippen molar-refractivity contribution in [1.82, 2.24) is 14.7 Å². The normalized spacial score (nSPS) is 21.8. The fraction of sp³-hybridized carbons (Fsp3) is 0.412. The summed E-state index contributed by atoms with van der Waals surface area (Å²) in [5.74, 6) is 1.02. The minimum atomic E-state index is 0.0486. The first-order chi connectivity index (χ1) is 10.7. The van der Waals surface area contributed by atoms with E-state index >= 15 is 0 Å². The summed E-state index contributed by atoms with van der Waals surface area (Å²) in [7, 11) is 0. The molecule has 2 heterocycles. The number of para-hydroxylation sites is 1. The average molecular weight is 298 g/mol. The van der Waals surface area contributed by atoms with Crippen LogP contribution in [0.2, 0.25) is 0 Å². The molecule has 1 aromatic heterocycles. The zero-order valence-electron chi connectivity index (χ0n) is 12.9. The lowest BCUT2D eigenvalue weighted by Gasteiger charge is -2.36. The number of likely N-dealkylation sites (tertiary alicyclic amines) is 1. The van der Waals surface area contributed by atoms with Gasteiger partial charge in [0.15, 0.2) is 0 Å². The summed E-state index contributed by atoms with van der Waals surface area (Å²) in [6, 6.07) is 9.80. The van der Waals surface area contributed by atoms with Crippen LogP contribution in [0.15, 0.2) is 42.7 Å².